The molecule has 0 amide bonds. The smallest absolute Gasteiger partial charge is 0.330 e. The van der Waals surface area contributed by atoms with E-state index >= 15 is 0 Å². The molecule has 0 aliphatic rings. The lowest BCUT2D eigenvalue weighted by Crippen LogP contribution is -1.95. The number of phenols is 1. The summed E-state index contributed by atoms with van der Waals surface area (Å²) in [6, 6.07) is 2.96. The van der Waals surface area contributed by atoms with Crippen molar-refractivity contribution in [3.8, 4) is 11.5 Å². The van der Waals surface area contributed by atoms with Crippen LogP contribution in [0.3, 0.4) is 0 Å². The van der Waals surface area contributed by atoms with Crippen LogP contribution in [0.25, 0.3) is 6.08 Å². The molecule has 0 saturated heterocycles. The Kier molecular flexibility index (Phi) is 4.28. The van der Waals surface area contributed by atoms with Gasteiger partial charge in [0.05, 0.1) is 14.2 Å². The van der Waals surface area contributed by atoms with Gasteiger partial charge in [0, 0.05) is 17.2 Å². The van der Waals surface area contributed by atoms with Crippen molar-refractivity contribution in [3.63, 3.8) is 0 Å². The normalized spacial score (nSPS) is 10.2. The molecule has 0 unspecified atom stereocenters. The molecule has 5 nitrogen and oxygen atoms in total. The second-order valence-corrected chi connectivity index (χ2v) is 3.09. The summed E-state index contributed by atoms with van der Waals surface area (Å²) in [5, 5.41) is 9.80. The predicted octanol–water partition coefficient (Wildman–Crippen LogP) is 1.40. The first-order chi connectivity index (χ1) is 8.13. The number of carbonyl (C=O) groups is 2. The molecule has 90 valence electrons. The van der Waals surface area contributed by atoms with Gasteiger partial charge in [0.1, 0.15) is 0 Å². The molecule has 0 radical (unpaired) electrons. The zero-order valence-corrected chi connectivity index (χ0v) is 9.47. The van der Waals surface area contributed by atoms with Crippen LogP contribution < -0.4 is 4.74 Å². The van der Waals surface area contributed by atoms with Gasteiger partial charge in [-0.3, -0.25) is 4.79 Å². The maximum absolute atomic E-state index is 10.9. The lowest BCUT2D eigenvalue weighted by atomic mass is 10.1. The molecular formula is C12H12O5. The first-order valence-corrected chi connectivity index (χ1v) is 4.75. The minimum atomic E-state index is -0.580. The van der Waals surface area contributed by atoms with Crippen molar-refractivity contribution in [2.24, 2.45) is 0 Å². The molecule has 0 aliphatic heterocycles. The maximum Gasteiger partial charge on any atom is 0.330 e. The molecule has 1 rings (SSSR count). The molecular weight excluding hydrogens is 224 g/mol. The number of aromatic hydroxyl groups is 1. The van der Waals surface area contributed by atoms with E-state index in [0.717, 1.165) is 6.08 Å². The molecule has 0 aromatic heterocycles. The first kappa shape index (κ1) is 12.8. The van der Waals surface area contributed by atoms with Crippen molar-refractivity contribution in [2.75, 3.05) is 14.2 Å². The number of hydrogen-bond donors (Lipinski definition) is 1. The maximum atomic E-state index is 10.9. The van der Waals surface area contributed by atoms with Crippen LogP contribution in [0, 0.1) is 0 Å². The monoisotopic (exact) mass is 236 g/mol. The van der Waals surface area contributed by atoms with Crippen molar-refractivity contribution in [3.05, 3.63) is 29.3 Å². The van der Waals surface area contributed by atoms with Gasteiger partial charge in [0.25, 0.3) is 0 Å². The van der Waals surface area contributed by atoms with Crippen LogP contribution >= 0.6 is 0 Å². The van der Waals surface area contributed by atoms with Crippen molar-refractivity contribution in [1.29, 1.82) is 0 Å². The number of phenolic OH excluding ortho intramolecular Hbond substituents is 1. The number of esters is 1. The summed E-state index contributed by atoms with van der Waals surface area (Å²) in [5.74, 6) is -0.554. The summed E-state index contributed by atoms with van der Waals surface area (Å²) in [4.78, 5) is 21.7. The average molecular weight is 236 g/mol. The number of hydrogen-bond acceptors (Lipinski definition) is 5. The van der Waals surface area contributed by atoms with Gasteiger partial charge in [-0.1, -0.05) is 0 Å². The fourth-order valence-corrected chi connectivity index (χ4v) is 1.27. The zero-order chi connectivity index (χ0) is 12.8. The van der Waals surface area contributed by atoms with Crippen LogP contribution in [-0.2, 0) is 9.53 Å². The molecule has 17 heavy (non-hydrogen) atoms. The second kappa shape index (κ2) is 5.69. The third-order valence-electron chi connectivity index (χ3n) is 2.15. The lowest BCUT2D eigenvalue weighted by molar-refractivity contribution is -0.134. The van der Waals surface area contributed by atoms with Crippen molar-refractivity contribution >= 4 is 18.3 Å². The third kappa shape index (κ3) is 2.84. The molecule has 0 fully saturated rings. The average Bonchev–Trinajstić information content (AvgIpc) is 2.36. The van der Waals surface area contributed by atoms with Gasteiger partial charge in [-0.25, -0.2) is 4.79 Å². The van der Waals surface area contributed by atoms with Crippen molar-refractivity contribution in [1.82, 2.24) is 0 Å². The number of carbonyl (C=O) groups excluding carboxylic acids is 2. The molecule has 5 heteroatoms. The van der Waals surface area contributed by atoms with Crippen LogP contribution in [0.2, 0.25) is 0 Å². The van der Waals surface area contributed by atoms with E-state index in [1.807, 2.05) is 0 Å². The number of benzene rings is 1. The standard InChI is InChI=1S/C12H12O5/c1-16-10-5-3-8(7-13)9(12(10)15)4-6-11(14)17-2/h3-7,15H,1-2H3. The van der Waals surface area contributed by atoms with Gasteiger partial charge in [-0.2, -0.15) is 0 Å². The molecule has 0 heterocycles. The summed E-state index contributed by atoms with van der Waals surface area (Å²) in [5.41, 5.74) is 0.466. The number of aldehydes is 1. The number of methoxy groups -OCH3 is 2. The zero-order valence-electron chi connectivity index (χ0n) is 9.47. The molecule has 1 aromatic carbocycles. The molecule has 0 saturated carbocycles. The van der Waals surface area contributed by atoms with Gasteiger partial charge < -0.3 is 14.6 Å². The van der Waals surface area contributed by atoms with E-state index in [4.69, 9.17) is 4.74 Å². The van der Waals surface area contributed by atoms with E-state index in [-0.39, 0.29) is 22.6 Å². The second-order valence-electron chi connectivity index (χ2n) is 3.09. The van der Waals surface area contributed by atoms with E-state index in [1.54, 1.807) is 0 Å². The highest BCUT2D eigenvalue weighted by molar-refractivity contribution is 5.91. The van der Waals surface area contributed by atoms with E-state index in [2.05, 4.69) is 4.74 Å². The Balaban J connectivity index is 3.23. The molecule has 0 aliphatic carbocycles. The summed E-state index contributed by atoms with van der Waals surface area (Å²) < 4.78 is 9.32. The molecule has 1 N–H and O–H groups in total. The summed E-state index contributed by atoms with van der Waals surface area (Å²) in [6.45, 7) is 0. The van der Waals surface area contributed by atoms with Crippen LogP contribution in [0.4, 0.5) is 0 Å². The Morgan fingerprint density at radius 3 is 2.59 bits per heavy atom. The summed E-state index contributed by atoms with van der Waals surface area (Å²) >= 11 is 0. The van der Waals surface area contributed by atoms with Gasteiger partial charge in [-0.05, 0) is 18.2 Å². The topological polar surface area (TPSA) is 72.8 Å². The first-order valence-electron chi connectivity index (χ1n) is 4.75. The molecule has 0 spiro atoms. The largest absolute Gasteiger partial charge is 0.504 e. The molecule has 0 bridgehead atoms. The Morgan fingerprint density at radius 1 is 1.35 bits per heavy atom. The Morgan fingerprint density at radius 2 is 2.06 bits per heavy atom. The minimum Gasteiger partial charge on any atom is -0.504 e. The minimum absolute atomic E-state index is 0.197. The summed E-state index contributed by atoms with van der Waals surface area (Å²) in [7, 11) is 2.63. The SMILES string of the molecule is COC(=O)C=Cc1c(C=O)ccc(OC)c1O. The van der Waals surface area contributed by atoms with Gasteiger partial charge >= 0.3 is 5.97 Å². The third-order valence-corrected chi connectivity index (χ3v) is 2.15. The van der Waals surface area contributed by atoms with E-state index < -0.39 is 5.97 Å². The number of rotatable bonds is 4. The van der Waals surface area contributed by atoms with E-state index in [1.165, 1.54) is 32.4 Å². The predicted molar refractivity (Wildman–Crippen MR) is 61.1 cm³/mol. The van der Waals surface area contributed by atoms with Crippen LogP contribution in [0.1, 0.15) is 15.9 Å². The highest BCUT2D eigenvalue weighted by atomic mass is 16.5. The lowest BCUT2D eigenvalue weighted by Gasteiger charge is -2.07. The van der Waals surface area contributed by atoms with E-state index in [9.17, 15) is 14.7 Å². The fourth-order valence-electron chi connectivity index (χ4n) is 1.27. The van der Waals surface area contributed by atoms with Crippen LogP contribution in [0.15, 0.2) is 18.2 Å². The van der Waals surface area contributed by atoms with Gasteiger partial charge in [0.15, 0.2) is 17.8 Å². The molecule has 0 atom stereocenters. The Bertz CT molecular complexity index is 462. The van der Waals surface area contributed by atoms with E-state index in [0.29, 0.717) is 6.29 Å². The molecule has 1 aromatic rings. The quantitative estimate of drug-likeness (QED) is 0.486. The highest BCUT2D eigenvalue weighted by Gasteiger charge is 2.10. The highest BCUT2D eigenvalue weighted by Crippen LogP contribution is 2.32. The van der Waals surface area contributed by atoms with Crippen LogP contribution in [-0.4, -0.2) is 31.6 Å². The van der Waals surface area contributed by atoms with Gasteiger partial charge in [0.2, 0.25) is 0 Å². The fraction of sp³-hybridized carbons (Fsp3) is 0.167. The number of ether oxygens (including phenoxy) is 2. The Hall–Kier alpha value is -2.30. The van der Waals surface area contributed by atoms with Crippen LogP contribution in [0.5, 0.6) is 11.5 Å². The van der Waals surface area contributed by atoms with Crippen molar-refractivity contribution in [2.45, 2.75) is 0 Å². The van der Waals surface area contributed by atoms with Crippen molar-refractivity contribution < 1.29 is 24.2 Å². The summed E-state index contributed by atoms with van der Waals surface area (Å²) in [6.07, 6.45) is 2.99. The van der Waals surface area contributed by atoms with Gasteiger partial charge in [-0.15, -0.1) is 0 Å². The Labute approximate surface area is 98.3 Å².